The van der Waals surface area contributed by atoms with Crippen molar-refractivity contribution in [2.75, 3.05) is 24.0 Å². The molecule has 0 aliphatic heterocycles. The Bertz CT molecular complexity index is 672. The molecule has 120 valence electrons. The zero-order valence-corrected chi connectivity index (χ0v) is 13.7. The van der Waals surface area contributed by atoms with Gasteiger partial charge in [-0.2, -0.15) is 0 Å². The number of benzene rings is 2. The Morgan fingerprint density at radius 3 is 2.43 bits per heavy atom. The number of nitrogens with zero attached hydrogens (tertiary/aromatic N) is 2. The van der Waals surface area contributed by atoms with Gasteiger partial charge in [-0.25, -0.2) is 4.79 Å². The minimum Gasteiger partial charge on any atom is -0.460 e. The zero-order valence-electron chi connectivity index (χ0n) is 13.0. The highest BCUT2D eigenvalue weighted by molar-refractivity contribution is 6.40. The molecule has 1 N–H and O–H groups in total. The average Bonchev–Trinajstić information content (AvgIpc) is 2.57. The van der Waals surface area contributed by atoms with Gasteiger partial charge in [0.05, 0.1) is 12.3 Å². The highest BCUT2D eigenvalue weighted by atomic mass is 35.5. The minimum atomic E-state index is -0.500. The van der Waals surface area contributed by atoms with Crippen molar-refractivity contribution in [1.82, 2.24) is 0 Å². The van der Waals surface area contributed by atoms with Crippen LogP contribution in [0.5, 0.6) is 0 Å². The van der Waals surface area contributed by atoms with E-state index in [2.05, 4.69) is 10.5 Å². The Labute approximate surface area is 140 Å². The summed E-state index contributed by atoms with van der Waals surface area (Å²) >= 11 is 5.85. The van der Waals surface area contributed by atoms with E-state index in [9.17, 15) is 4.79 Å². The number of nitrogens with one attached hydrogen (secondary N) is 1. The number of halogens is 1. The summed E-state index contributed by atoms with van der Waals surface area (Å²) < 4.78 is 5.08. The highest BCUT2D eigenvalue weighted by Gasteiger charge is 2.19. The lowest BCUT2D eigenvalue weighted by Gasteiger charge is -2.20. The van der Waals surface area contributed by atoms with E-state index in [0.29, 0.717) is 5.02 Å². The SMILES string of the molecule is CCOC(=O)/C(=N\Nc1ccc(Cl)cc1)N(C)c1ccccc1. The normalized spacial score (nSPS) is 11.0. The van der Waals surface area contributed by atoms with Crippen LogP contribution < -0.4 is 10.3 Å². The van der Waals surface area contributed by atoms with Gasteiger partial charge in [0.2, 0.25) is 5.84 Å². The second-order valence-corrected chi connectivity index (χ2v) is 5.11. The van der Waals surface area contributed by atoms with Crippen LogP contribution in [0.4, 0.5) is 11.4 Å². The molecule has 0 spiro atoms. The van der Waals surface area contributed by atoms with Gasteiger partial charge in [-0.1, -0.05) is 29.8 Å². The first kappa shape index (κ1) is 16.8. The fourth-order valence-electron chi connectivity index (χ4n) is 1.87. The van der Waals surface area contributed by atoms with Crippen LogP contribution in [0.1, 0.15) is 6.92 Å². The van der Waals surface area contributed by atoms with Gasteiger partial charge >= 0.3 is 5.97 Å². The van der Waals surface area contributed by atoms with E-state index >= 15 is 0 Å². The van der Waals surface area contributed by atoms with Gasteiger partial charge in [-0.15, -0.1) is 5.10 Å². The average molecular weight is 332 g/mol. The van der Waals surface area contributed by atoms with Crippen LogP contribution in [0.15, 0.2) is 59.7 Å². The lowest BCUT2D eigenvalue weighted by atomic mass is 10.3. The fraction of sp³-hybridized carbons (Fsp3) is 0.176. The molecule has 0 radical (unpaired) electrons. The van der Waals surface area contributed by atoms with Crippen LogP contribution >= 0.6 is 11.6 Å². The van der Waals surface area contributed by atoms with E-state index in [4.69, 9.17) is 16.3 Å². The maximum absolute atomic E-state index is 12.2. The van der Waals surface area contributed by atoms with Crippen molar-refractivity contribution in [2.45, 2.75) is 6.92 Å². The van der Waals surface area contributed by atoms with Gasteiger partial charge in [0.1, 0.15) is 0 Å². The van der Waals surface area contributed by atoms with Gasteiger partial charge in [-0.3, -0.25) is 5.43 Å². The van der Waals surface area contributed by atoms with Gasteiger partial charge in [0.15, 0.2) is 0 Å². The number of esters is 1. The summed E-state index contributed by atoms with van der Waals surface area (Å²) in [6.45, 7) is 2.03. The summed E-state index contributed by atoms with van der Waals surface area (Å²) in [5.41, 5.74) is 4.40. The molecule has 2 aromatic carbocycles. The molecular formula is C17H18ClN3O2. The largest absolute Gasteiger partial charge is 0.460 e. The number of anilines is 2. The summed E-state index contributed by atoms with van der Waals surface area (Å²) in [4.78, 5) is 13.8. The first-order valence-electron chi connectivity index (χ1n) is 7.17. The van der Waals surface area contributed by atoms with E-state index in [1.165, 1.54) is 0 Å². The van der Waals surface area contributed by atoms with Crippen molar-refractivity contribution < 1.29 is 9.53 Å². The summed E-state index contributed by atoms with van der Waals surface area (Å²) in [5.74, 6) is -0.340. The first-order chi connectivity index (χ1) is 11.1. The van der Waals surface area contributed by atoms with Crippen molar-refractivity contribution in [2.24, 2.45) is 5.10 Å². The molecule has 0 bridgehead atoms. The van der Waals surface area contributed by atoms with E-state index in [1.807, 2.05) is 30.3 Å². The van der Waals surface area contributed by atoms with Crippen LogP contribution in [0.25, 0.3) is 0 Å². The molecule has 23 heavy (non-hydrogen) atoms. The molecule has 0 unspecified atom stereocenters. The van der Waals surface area contributed by atoms with Crippen LogP contribution in [0, 0.1) is 0 Å². The number of para-hydroxylation sites is 1. The predicted molar refractivity (Wildman–Crippen MR) is 94.0 cm³/mol. The molecule has 2 rings (SSSR count). The molecule has 0 fully saturated rings. The standard InChI is InChI=1S/C17H18ClN3O2/c1-3-23-17(22)16(21(2)15-7-5-4-6-8-15)20-19-14-11-9-13(18)10-12-14/h4-12,19H,3H2,1-2H3/b20-16+. The molecular weight excluding hydrogens is 314 g/mol. The Morgan fingerprint density at radius 1 is 1.17 bits per heavy atom. The quantitative estimate of drug-likeness (QED) is 0.401. The van der Waals surface area contributed by atoms with E-state index < -0.39 is 5.97 Å². The van der Waals surface area contributed by atoms with Crippen molar-refractivity contribution >= 4 is 34.8 Å². The minimum absolute atomic E-state index is 0.160. The first-order valence-corrected chi connectivity index (χ1v) is 7.54. The number of amidine groups is 1. The maximum Gasteiger partial charge on any atom is 0.376 e. The summed E-state index contributed by atoms with van der Waals surface area (Å²) in [5, 5.41) is 4.82. The highest BCUT2D eigenvalue weighted by Crippen LogP contribution is 2.15. The number of ether oxygens (including phenoxy) is 1. The third-order valence-corrected chi connectivity index (χ3v) is 3.31. The monoisotopic (exact) mass is 331 g/mol. The molecule has 0 amide bonds. The smallest absolute Gasteiger partial charge is 0.376 e. The number of hydrogen-bond donors (Lipinski definition) is 1. The third-order valence-electron chi connectivity index (χ3n) is 3.05. The Hall–Kier alpha value is -2.53. The van der Waals surface area contributed by atoms with Gasteiger partial charge in [0, 0.05) is 17.8 Å². The number of hydrogen-bond acceptors (Lipinski definition) is 4. The Kier molecular flexibility index (Phi) is 6.00. The van der Waals surface area contributed by atoms with Gasteiger partial charge in [0.25, 0.3) is 0 Å². The molecule has 0 saturated carbocycles. The number of likely N-dealkylation sites (N-methyl/N-ethyl adjacent to an activating group) is 1. The number of hydrazone groups is 1. The topological polar surface area (TPSA) is 53.9 Å². The molecule has 0 aliphatic carbocycles. The van der Waals surface area contributed by atoms with Crippen molar-refractivity contribution in [3.05, 3.63) is 59.6 Å². The van der Waals surface area contributed by atoms with E-state index in [-0.39, 0.29) is 12.4 Å². The van der Waals surface area contributed by atoms with E-state index in [1.54, 1.807) is 43.1 Å². The number of carbonyl (C=O) groups is 1. The second kappa shape index (κ2) is 8.19. The second-order valence-electron chi connectivity index (χ2n) is 4.67. The van der Waals surface area contributed by atoms with Gasteiger partial charge in [-0.05, 0) is 43.3 Å². The summed E-state index contributed by atoms with van der Waals surface area (Å²) in [7, 11) is 1.76. The van der Waals surface area contributed by atoms with Crippen LogP contribution in [0.3, 0.4) is 0 Å². The Balaban J connectivity index is 2.24. The predicted octanol–water partition coefficient (Wildman–Crippen LogP) is 3.76. The maximum atomic E-state index is 12.2. The number of rotatable bonds is 4. The molecule has 0 saturated heterocycles. The summed E-state index contributed by atoms with van der Waals surface area (Å²) in [6, 6.07) is 16.5. The van der Waals surface area contributed by atoms with Crippen LogP contribution in [-0.4, -0.2) is 25.5 Å². The van der Waals surface area contributed by atoms with Crippen LogP contribution in [-0.2, 0) is 9.53 Å². The molecule has 0 atom stereocenters. The van der Waals surface area contributed by atoms with Crippen LogP contribution in [0.2, 0.25) is 5.02 Å². The molecule has 0 aliphatic rings. The van der Waals surface area contributed by atoms with E-state index in [0.717, 1.165) is 11.4 Å². The Morgan fingerprint density at radius 2 is 1.83 bits per heavy atom. The summed E-state index contributed by atoms with van der Waals surface area (Å²) in [6.07, 6.45) is 0. The van der Waals surface area contributed by atoms with Gasteiger partial charge < -0.3 is 9.64 Å². The zero-order chi connectivity index (χ0) is 16.7. The van der Waals surface area contributed by atoms with Crippen molar-refractivity contribution in [1.29, 1.82) is 0 Å². The molecule has 6 heteroatoms. The lowest BCUT2D eigenvalue weighted by Crippen LogP contribution is -2.35. The molecule has 0 heterocycles. The lowest BCUT2D eigenvalue weighted by molar-refractivity contribution is -0.135. The molecule has 5 nitrogen and oxygen atoms in total. The molecule has 2 aromatic rings. The fourth-order valence-corrected chi connectivity index (χ4v) is 2.00. The third kappa shape index (κ3) is 4.72. The molecule has 0 aromatic heterocycles. The van der Waals surface area contributed by atoms with Crippen molar-refractivity contribution in [3.8, 4) is 0 Å². The number of carbonyl (C=O) groups excluding carboxylic acids is 1. The van der Waals surface area contributed by atoms with Crippen molar-refractivity contribution in [3.63, 3.8) is 0 Å².